The fourth-order valence-corrected chi connectivity index (χ4v) is 1.91. The van der Waals surface area contributed by atoms with Crippen molar-refractivity contribution in [2.24, 2.45) is 15.8 Å². The van der Waals surface area contributed by atoms with Gasteiger partial charge in [-0.3, -0.25) is 0 Å². The van der Waals surface area contributed by atoms with Gasteiger partial charge in [0.2, 0.25) is 0 Å². The third-order valence-electron chi connectivity index (χ3n) is 3.61. The van der Waals surface area contributed by atoms with Crippen LogP contribution in [0.5, 0.6) is 0 Å². The van der Waals surface area contributed by atoms with E-state index in [1.54, 1.807) is 6.21 Å². The summed E-state index contributed by atoms with van der Waals surface area (Å²) in [5, 5.41) is 7.53. The van der Waals surface area contributed by atoms with Crippen LogP contribution in [0.3, 0.4) is 0 Å². The van der Waals surface area contributed by atoms with Crippen molar-refractivity contribution in [2.75, 3.05) is 7.05 Å². The van der Waals surface area contributed by atoms with Gasteiger partial charge in [-0.2, -0.15) is 0 Å². The molecule has 0 amide bonds. The summed E-state index contributed by atoms with van der Waals surface area (Å²) in [4.78, 5) is 4.07. The quantitative estimate of drug-likeness (QED) is 0.618. The van der Waals surface area contributed by atoms with E-state index < -0.39 is 0 Å². The average Bonchev–Trinajstić information content (AvgIpc) is 2.26. The highest BCUT2D eigenvalue weighted by molar-refractivity contribution is 5.62. The van der Waals surface area contributed by atoms with E-state index in [1.165, 1.54) is 0 Å². The Balaban J connectivity index is 4.60. The molecule has 0 aromatic heterocycles. The molecule has 2 unspecified atom stereocenters. The first-order valence-corrected chi connectivity index (χ1v) is 5.87. The average molecular weight is 210 g/mol. The number of nitrogens with zero attached hydrogens (tertiary/aromatic N) is 1. The molecule has 0 bridgehead atoms. The van der Waals surface area contributed by atoms with E-state index in [2.05, 4.69) is 32.7 Å². The summed E-state index contributed by atoms with van der Waals surface area (Å²) in [6.45, 7) is 8.86. The van der Waals surface area contributed by atoms with Crippen LogP contribution < -0.4 is 0 Å². The Morgan fingerprint density at radius 3 is 2.13 bits per heavy atom. The zero-order valence-corrected chi connectivity index (χ0v) is 10.9. The van der Waals surface area contributed by atoms with E-state index >= 15 is 0 Å². The summed E-state index contributed by atoms with van der Waals surface area (Å²) in [5.74, 6) is 0. The molecule has 0 heterocycles. The molecular formula is C13H26N2. The highest BCUT2D eigenvalue weighted by atomic mass is 14.6. The molecule has 1 N–H and O–H groups in total. The van der Waals surface area contributed by atoms with Gasteiger partial charge in [-0.1, -0.05) is 34.1 Å². The van der Waals surface area contributed by atoms with Crippen LogP contribution in [-0.4, -0.2) is 19.5 Å². The fraction of sp³-hybridized carbons (Fsp3) is 0.846. The first-order valence-electron chi connectivity index (χ1n) is 5.87. The van der Waals surface area contributed by atoms with Gasteiger partial charge < -0.3 is 10.4 Å². The Morgan fingerprint density at radius 2 is 1.80 bits per heavy atom. The van der Waals surface area contributed by atoms with Gasteiger partial charge in [0.15, 0.2) is 0 Å². The number of rotatable bonds is 7. The molecule has 2 nitrogen and oxygen atoms in total. The zero-order chi connectivity index (χ0) is 11.9. The maximum atomic E-state index is 7.53. The summed E-state index contributed by atoms with van der Waals surface area (Å²) in [5.41, 5.74) is 0.328. The normalized spacial score (nSPS) is 19.8. The van der Waals surface area contributed by atoms with E-state index in [0.717, 1.165) is 25.7 Å². The van der Waals surface area contributed by atoms with E-state index in [4.69, 9.17) is 5.41 Å². The standard InChI is InChI=1S/C13H26N2/c1-6-12(3,8-9-15-5)10-13(4,7-2)11-14/h9,11,14H,6-8,10H2,1-5H3/b14-11?,15-9+. The summed E-state index contributed by atoms with van der Waals surface area (Å²) in [6, 6.07) is 0. The summed E-state index contributed by atoms with van der Waals surface area (Å²) in [7, 11) is 1.83. The third kappa shape index (κ3) is 4.59. The number of nitrogens with one attached hydrogen (secondary N) is 1. The van der Waals surface area contributed by atoms with E-state index in [1.807, 2.05) is 13.3 Å². The molecule has 0 aromatic rings. The molecule has 0 aliphatic heterocycles. The van der Waals surface area contributed by atoms with Crippen molar-refractivity contribution in [1.82, 2.24) is 0 Å². The van der Waals surface area contributed by atoms with Crippen molar-refractivity contribution in [3.63, 3.8) is 0 Å². The van der Waals surface area contributed by atoms with Crippen LogP contribution in [0.2, 0.25) is 0 Å². The van der Waals surface area contributed by atoms with Crippen molar-refractivity contribution in [1.29, 1.82) is 5.41 Å². The predicted molar refractivity (Wildman–Crippen MR) is 69.2 cm³/mol. The lowest BCUT2D eigenvalue weighted by Gasteiger charge is -2.35. The first-order chi connectivity index (χ1) is 6.95. The molecule has 0 radical (unpaired) electrons. The molecule has 0 saturated heterocycles. The lowest BCUT2D eigenvalue weighted by molar-refractivity contribution is 0.214. The highest BCUT2D eigenvalue weighted by Gasteiger charge is 2.31. The minimum Gasteiger partial charge on any atom is -0.313 e. The van der Waals surface area contributed by atoms with Crippen LogP contribution in [0.25, 0.3) is 0 Å². The van der Waals surface area contributed by atoms with Gasteiger partial charge in [-0.25, -0.2) is 0 Å². The Hall–Kier alpha value is -0.660. The Labute approximate surface area is 94.7 Å². The van der Waals surface area contributed by atoms with Crippen LogP contribution >= 0.6 is 0 Å². The van der Waals surface area contributed by atoms with E-state index in [-0.39, 0.29) is 10.8 Å². The Morgan fingerprint density at radius 1 is 1.20 bits per heavy atom. The Kier molecular flexibility index (Phi) is 5.77. The second-order valence-corrected chi connectivity index (χ2v) is 5.14. The minimum atomic E-state index is 0.0480. The second-order valence-electron chi connectivity index (χ2n) is 5.14. The third-order valence-corrected chi connectivity index (χ3v) is 3.61. The number of hydrogen-bond donors (Lipinski definition) is 1. The van der Waals surface area contributed by atoms with E-state index in [9.17, 15) is 0 Å². The maximum Gasteiger partial charge on any atom is 0.0273 e. The Bertz CT molecular complexity index is 223. The van der Waals surface area contributed by atoms with Crippen LogP contribution in [-0.2, 0) is 0 Å². The molecule has 15 heavy (non-hydrogen) atoms. The van der Waals surface area contributed by atoms with Crippen LogP contribution in [0.15, 0.2) is 4.99 Å². The minimum absolute atomic E-state index is 0.0480. The lowest BCUT2D eigenvalue weighted by Crippen LogP contribution is -2.28. The van der Waals surface area contributed by atoms with Crippen molar-refractivity contribution in [2.45, 2.75) is 53.4 Å². The van der Waals surface area contributed by atoms with Crippen LogP contribution in [0.1, 0.15) is 53.4 Å². The van der Waals surface area contributed by atoms with E-state index in [0.29, 0.717) is 0 Å². The summed E-state index contributed by atoms with van der Waals surface area (Å²) >= 11 is 0. The molecule has 2 heteroatoms. The van der Waals surface area contributed by atoms with Gasteiger partial charge in [-0.15, -0.1) is 0 Å². The summed E-state index contributed by atoms with van der Waals surface area (Å²) in [6.07, 6.45) is 7.89. The van der Waals surface area contributed by atoms with Crippen LogP contribution in [0, 0.1) is 16.2 Å². The van der Waals surface area contributed by atoms with Crippen LogP contribution in [0.4, 0.5) is 0 Å². The second kappa shape index (κ2) is 6.04. The predicted octanol–water partition coefficient (Wildman–Crippen LogP) is 3.95. The highest BCUT2D eigenvalue weighted by Crippen LogP contribution is 2.39. The monoisotopic (exact) mass is 210 g/mol. The van der Waals surface area contributed by atoms with Gasteiger partial charge in [0.1, 0.15) is 0 Å². The molecule has 0 rings (SSSR count). The zero-order valence-electron chi connectivity index (χ0n) is 10.9. The first kappa shape index (κ1) is 14.3. The van der Waals surface area contributed by atoms with Gasteiger partial charge in [0, 0.05) is 18.7 Å². The maximum absolute atomic E-state index is 7.53. The molecular weight excluding hydrogens is 184 g/mol. The molecule has 2 atom stereocenters. The van der Waals surface area contributed by atoms with Crippen molar-refractivity contribution in [3.05, 3.63) is 0 Å². The molecule has 0 saturated carbocycles. The van der Waals surface area contributed by atoms with Gasteiger partial charge >= 0.3 is 0 Å². The smallest absolute Gasteiger partial charge is 0.0273 e. The largest absolute Gasteiger partial charge is 0.313 e. The molecule has 0 aliphatic rings. The van der Waals surface area contributed by atoms with Crippen molar-refractivity contribution in [3.8, 4) is 0 Å². The molecule has 0 spiro atoms. The SMILES string of the molecule is CCC(C)(C=N)CC(C)(CC)C/C=N/C. The number of aliphatic imine (C=N–C) groups is 1. The fourth-order valence-electron chi connectivity index (χ4n) is 1.91. The van der Waals surface area contributed by atoms with Gasteiger partial charge in [0.05, 0.1) is 0 Å². The van der Waals surface area contributed by atoms with Crippen molar-refractivity contribution < 1.29 is 0 Å². The summed E-state index contributed by atoms with van der Waals surface area (Å²) < 4.78 is 0. The van der Waals surface area contributed by atoms with Gasteiger partial charge in [0.25, 0.3) is 0 Å². The topological polar surface area (TPSA) is 36.2 Å². The molecule has 88 valence electrons. The lowest BCUT2D eigenvalue weighted by atomic mass is 9.69. The molecule has 0 fully saturated rings. The number of hydrogen-bond acceptors (Lipinski definition) is 2. The molecule has 0 aromatic carbocycles. The van der Waals surface area contributed by atoms with Gasteiger partial charge in [-0.05, 0) is 30.9 Å². The molecule has 0 aliphatic carbocycles. The van der Waals surface area contributed by atoms with Crippen molar-refractivity contribution >= 4 is 12.4 Å².